The predicted octanol–water partition coefficient (Wildman–Crippen LogP) is 4.27. The normalized spacial score (nSPS) is 12.0. The van der Waals surface area contributed by atoms with Gasteiger partial charge < -0.3 is 9.15 Å². The number of ether oxygens (including phenoxy) is 1. The summed E-state index contributed by atoms with van der Waals surface area (Å²) in [6.07, 6.45) is -0.620. The van der Waals surface area contributed by atoms with Gasteiger partial charge in [-0.15, -0.1) is 10.2 Å². The lowest BCUT2D eigenvalue weighted by Gasteiger charge is -2.09. The second kappa shape index (κ2) is 6.66. The fourth-order valence-electron chi connectivity index (χ4n) is 2.18. The van der Waals surface area contributed by atoms with E-state index in [1.165, 1.54) is 0 Å². The van der Waals surface area contributed by atoms with Crippen LogP contribution in [0, 0.1) is 13.8 Å². The van der Waals surface area contributed by atoms with Crippen molar-refractivity contribution < 1.29 is 13.9 Å². The summed E-state index contributed by atoms with van der Waals surface area (Å²) in [7, 11) is 0. The van der Waals surface area contributed by atoms with Crippen LogP contribution in [-0.4, -0.2) is 16.2 Å². The van der Waals surface area contributed by atoms with E-state index in [4.69, 9.17) is 9.15 Å². The lowest BCUT2D eigenvalue weighted by atomic mass is 10.1. The van der Waals surface area contributed by atoms with Gasteiger partial charge in [-0.2, -0.15) is 0 Å². The van der Waals surface area contributed by atoms with Crippen LogP contribution in [0.25, 0.3) is 11.5 Å². The van der Waals surface area contributed by atoms with Crippen LogP contribution in [0.2, 0.25) is 0 Å². The zero-order valence-corrected chi connectivity index (χ0v) is 13.8. The van der Waals surface area contributed by atoms with Gasteiger partial charge in [0.2, 0.25) is 5.89 Å². The SMILES string of the molecule is Cc1ccc(C(=O)O[C@H](C)c2nnc(-c3ccc(C)cc3)o2)cc1. The van der Waals surface area contributed by atoms with E-state index in [2.05, 4.69) is 10.2 Å². The number of esters is 1. The molecule has 0 spiro atoms. The molecule has 0 radical (unpaired) electrons. The van der Waals surface area contributed by atoms with Crippen molar-refractivity contribution in [2.24, 2.45) is 0 Å². The first-order valence-corrected chi connectivity index (χ1v) is 7.71. The highest BCUT2D eigenvalue weighted by Gasteiger charge is 2.19. The smallest absolute Gasteiger partial charge is 0.338 e. The Morgan fingerprint density at radius 2 is 1.54 bits per heavy atom. The summed E-state index contributed by atoms with van der Waals surface area (Å²) in [5, 5.41) is 8.00. The van der Waals surface area contributed by atoms with Crippen molar-refractivity contribution in [3.05, 3.63) is 71.1 Å². The maximum atomic E-state index is 12.1. The Morgan fingerprint density at radius 3 is 2.17 bits per heavy atom. The molecule has 1 aromatic heterocycles. The Kier molecular flexibility index (Phi) is 4.42. The average Bonchev–Trinajstić information content (AvgIpc) is 3.06. The molecule has 0 aliphatic heterocycles. The fourth-order valence-corrected chi connectivity index (χ4v) is 2.18. The molecular formula is C19H18N2O3. The highest BCUT2D eigenvalue weighted by atomic mass is 16.6. The molecule has 24 heavy (non-hydrogen) atoms. The summed E-state index contributed by atoms with van der Waals surface area (Å²) in [5.41, 5.74) is 3.56. The van der Waals surface area contributed by atoms with Crippen molar-refractivity contribution in [1.82, 2.24) is 10.2 Å². The number of carbonyl (C=O) groups excluding carboxylic acids is 1. The molecule has 3 rings (SSSR count). The monoisotopic (exact) mass is 322 g/mol. The van der Waals surface area contributed by atoms with Crippen LogP contribution in [0.3, 0.4) is 0 Å². The summed E-state index contributed by atoms with van der Waals surface area (Å²) < 4.78 is 11.0. The third-order valence-electron chi connectivity index (χ3n) is 3.66. The third-order valence-corrected chi connectivity index (χ3v) is 3.66. The quantitative estimate of drug-likeness (QED) is 0.671. The van der Waals surface area contributed by atoms with E-state index in [9.17, 15) is 4.79 Å². The maximum Gasteiger partial charge on any atom is 0.338 e. The third kappa shape index (κ3) is 3.51. The molecule has 0 N–H and O–H groups in total. The fraction of sp³-hybridized carbons (Fsp3) is 0.211. The first-order chi connectivity index (χ1) is 11.5. The van der Waals surface area contributed by atoms with Crippen LogP contribution in [0.5, 0.6) is 0 Å². The number of nitrogens with zero attached hydrogens (tertiary/aromatic N) is 2. The predicted molar refractivity (Wildman–Crippen MR) is 89.5 cm³/mol. The van der Waals surface area contributed by atoms with E-state index in [0.717, 1.165) is 16.7 Å². The van der Waals surface area contributed by atoms with E-state index in [0.29, 0.717) is 11.5 Å². The molecule has 2 aromatic carbocycles. The van der Waals surface area contributed by atoms with Crippen LogP contribution in [0.15, 0.2) is 52.9 Å². The molecule has 5 nitrogen and oxygen atoms in total. The van der Waals surface area contributed by atoms with Crippen molar-refractivity contribution >= 4 is 5.97 Å². The van der Waals surface area contributed by atoms with Crippen molar-refractivity contribution in [2.75, 3.05) is 0 Å². The molecule has 0 aliphatic carbocycles. The molecule has 0 saturated carbocycles. The first kappa shape index (κ1) is 15.9. The molecule has 1 atom stereocenters. The molecule has 0 unspecified atom stereocenters. The number of hydrogen-bond donors (Lipinski definition) is 0. The topological polar surface area (TPSA) is 65.2 Å². The minimum absolute atomic E-state index is 0.269. The summed E-state index contributed by atoms with van der Waals surface area (Å²) >= 11 is 0. The van der Waals surface area contributed by atoms with Gasteiger partial charge in [0.25, 0.3) is 5.89 Å². The molecule has 0 aliphatic rings. The van der Waals surface area contributed by atoms with Crippen LogP contribution in [-0.2, 0) is 4.74 Å². The number of carbonyl (C=O) groups is 1. The molecular weight excluding hydrogens is 304 g/mol. The van der Waals surface area contributed by atoms with Gasteiger partial charge in [-0.25, -0.2) is 4.79 Å². The summed E-state index contributed by atoms with van der Waals surface area (Å²) in [4.78, 5) is 12.1. The average molecular weight is 322 g/mol. The Balaban J connectivity index is 1.71. The molecule has 1 heterocycles. The Labute approximate surface area is 140 Å². The number of aromatic nitrogens is 2. The number of benzene rings is 2. The highest BCUT2D eigenvalue weighted by molar-refractivity contribution is 5.89. The van der Waals surface area contributed by atoms with Gasteiger partial charge in [0.05, 0.1) is 5.56 Å². The molecule has 0 bridgehead atoms. The van der Waals surface area contributed by atoms with Crippen LogP contribution >= 0.6 is 0 Å². The van der Waals surface area contributed by atoms with Crippen molar-refractivity contribution in [2.45, 2.75) is 26.9 Å². The number of aryl methyl sites for hydroxylation is 2. The lowest BCUT2D eigenvalue weighted by Crippen LogP contribution is -2.09. The van der Waals surface area contributed by atoms with E-state index >= 15 is 0 Å². The zero-order chi connectivity index (χ0) is 17.1. The molecule has 3 aromatic rings. The minimum atomic E-state index is -0.620. The standard InChI is InChI=1S/C19H18N2O3/c1-12-4-8-15(9-5-12)18-21-20-17(24-18)14(3)23-19(22)16-10-6-13(2)7-11-16/h4-11,14H,1-3H3/t14-/m1/s1. The van der Waals surface area contributed by atoms with Gasteiger partial charge in [0.15, 0.2) is 6.10 Å². The molecule has 0 amide bonds. The van der Waals surface area contributed by atoms with Gasteiger partial charge >= 0.3 is 5.97 Å². The van der Waals surface area contributed by atoms with Crippen LogP contribution < -0.4 is 0 Å². The summed E-state index contributed by atoms with van der Waals surface area (Å²) in [5.74, 6) is 0.256. The largest absolute Gasteiger partial charge is 0.449 e. The molecule has 5 heteroatoms. The molecule has 122 valence electrons. The molecule has 0 saturated heterocycles. The first-order valence-electron chi connectivity index (χ1n) is 7.71. The van der Waals surface area contributed by atoms with Gasteiger partial charge in [0.1, 0.15) is 0 Å². The van der Waals surface area contributed by atoms with Gasteiger partial charge in [-0.3, -0.25) is 0 Å². The highest BCUT2D eigenvalue weighted by Crippen LogP contribution is 2.23. The summed E-state index contributed by atoms with van der Waals surface area (Å²) in [6.45, 7) is 5.68. The lowest BCUT2D eigenvalue weighted by molar-refractivity contribution is 0.0280. The number of hydrogen-bond acceptors (Lipinski definition) is 5. The minimum Gasteiger partial charge on any atom is -0.449 e. The Hall–Kier alpha value is -2.95. The van der Waals surface area contributed by atoms with Crippen molar-refractivity contribution in [3.63, 3.8) is 0 Å². The molecule has 0 fully saturated rings. The van der Waals surface area contributed by atoms with Crippen LogP contribution in [0.4, 0.5) is 0 Å². The second-order valence-corrected chi connectivity index (χ2v) is 5.73. The second-order valence-electron chi connectivity index (χ2n) is 5.73. The van der Waals surface area contributed by atoms with E-state index in [-0.39, 0.29) is 5.89 Å². The zero-order valence-electron chi connectivity index (χ0n) is 13.8. The summed E-state index contributed by atoms with van der Waals surface area (Å²) in [6, 6.07) is 15.0. The Bertz CT molecular complexity index is 836. The van der Waals surface area contributed by atoms with E-state index < -0.39 is 12.1 Å². The van der Waals surface area contributed by atoms with Crippen LogP contribution in [0.1, 0.15) is 40.4 Å². The van der Waals surface area contributed by atoms with E-state index in [1.54, 1.807) is 19.1 Å². The van der Waals surface area contributed by atoms with Crippen molar-refractivity contribution in [3.8, 4) is 11.5 Å². The Morgan fingerprint density at radius 1 is 0.958 bits per heavy atom. The van der Waals surface area contributed by atoms with E-state index in [1.807, 2.05) is 50.2 Å². The van der Waals surface area contributed by atoms with Gasteiger partial charge in [-0.05, 0) is 45.0 Å². The van der Waals surface area contributed by atoms with Crippen molar-refractivity contribution in [1.29, 1.82) is 0 Å². The van der Waals surface area contributed by atoms with Gasteiger partial charge in [0, 0.05) is 5.56 Å². The number of rotatable bonds is 4. The maximum absolute atomic E-state index is 12.1. The van der Waals surface area contributed by atoms with Gasteiger partial charge in [-0.1, -0.05) is 35.4 Å².